The van der Waals surface area contributed by atoms with E-state index in [1.54, 1.807) is 31.4 Å². The second-order valence-electron chi connectivity index (χ2n) is 19.5. The second kappa shape index (κ2) is 22.1. The number of rotatable bonds is 20. The molecule has 9 rings (SSSR count). The van der Waals surface area contributed by atoms with E-state index in [9.17, 15) is 24.0 Å². The van der Waals surface area contributed by atoms with Gasteiger partial charge >= 0.3 is 0 Å². The van der Waals surface area contributed by atoms with Gasteiger partial charge in [0.1, 0.15) is 29.1 Å². The molecule has 2 atom stereocenters. The van der Waals surface area contributed by atoms with Crippen molar-refractivity contribution in [3.63, 3.8) is 0 Å². The number of nitrogens with zero attached hydrogens (tertiary/aromatic N) is 8. The van der Waals surface area contributed by atoms with E-state index in [1.807, 2.05) is 25.3 Å². The third-order valence-corrected chi connectivity index (χ3v) is 14.8. The van der Waals surface area contributed by atoms with Crippen LogP contribution < -0.4 is 30.3 Å². The molecule has 1 aliphatic carbocycles. The summed E-state index contributed by atoms with van der Waals surface area (Å²) in [5.74, 6) is 2.32. The van der Waals surface area contributed by atoms with Crippen LogP contribution in [0, 0.1) is 12.8 Å². The minimum absolute atomic E-state index is 0.0638. The second-order valence-corrected chi connectivity index (χ2v) is 19.5. The van der Waals surface area contributed by atoms with Gasteiger partial charge in [0.25, 0.3) is 17.7 Å². The molecule has 1 unspecified atom stereocenters. The zero-order chi connectivity index (χ0) is 48.7. The largest absolute Gasteiger partial charge is 0.495 e. The number of methoxy groups -OCH3 is 1. The van der Waals surface area contributed by atoms with E-state index in [2.05, 4.69) is 47.4 Å². The van der Waals surface area contributed by atoms with Crippen LogP contribution in [0.4, 0.5) is 17.5 Å². The lowest BCUT2D eigenvalue weighted by molar-refractivity contribution is -0.136. The van der Waals surface area contributed by atoms with E-state index in [1.165, 1.54) is 32.1 Å². The molecule has 70 heavy (non-hydrogen) atoms. The molecule has 372 valence electrons. The van der Waals surface area contributed by atoms with Crippen LogP contribution in [0.1, 0.15) is 165 Å². The number of imide groups is 2. The van der Waals surface area contributed by atoms with Gasteiger partial charge < -0.3 is 29.9 Å². The van der Waals surface area contributed by atoms with Crippen LogP contribution in [0.2, 0.25) is 0 Å². The highest BCUT2D eigenvalue weighted by Gasteiger charge is 2.46. The highest BCUT2D eigenvalue weighted by Crippen LogP contribution is 2.41. The first-order valence-corrected chi connectivity index (χ1v) is 25.6. The summed E-state index contributed by atoms with van der Waals surface area (Å²) >= 11 is 0. The van der Waals surface area contributed by atoms with Gasteiger partial charge in [0, 0.05) is 37.7 Å². The molecule has 3 N–H and O–H groups in total. The molecular weight excluding hydrogens is 891 g/mol. The molecule has 0 spiro atoms. The van der Waals surface area contributed by atoms with Crippen molar-refractivity contribution in [3.8, 4) is 17.2 Å². The lowest BCUT2D eigenvalue weighted by Crippen LogP contribution is -2.54. The number of piperidine rings is 2. The topological polar surface area (TPSA) is 206 Å². The monoisotopic (exact) mass is 958 g/mol. The van der Waals surface area contributed by atoms with E-state index in [4.69, 9.17) is 19.4 Å². The number of hydrogen-bond acceptors (Lipinski definition) is 14. The van der Waals surface area contributed by atoms with Crippen LogP contribution in [-0.4, -0.2) is 116 Å². The van der Waals surface area contributed by atoms with Gasteiger partial charge in [0.2, 0.25) is 17.8 Å². The SMILES string of the molecule is CC[C@@H]1c2nnc(C)n2-c2cnc(Nc3ccc(C(=O)NC4CCN(CCCCCCCCCOc5cccc6c5C(=O)N(C5CCC(=O)NC5=O)C6=O)CC4)cc3OC)nc2N1CC1CCCCC1. The number of anilines is 3. The third kappa shape index (κ3) is 10.5. The van der Waals surface area contributed by atoms with Gasteiger partial charge in [-0.3, -0.25) is 38.8 Å². The Hall–Kier alpha value is -6.43. The number of ether oxygens (including phenoxy) is 2. The Morgan fingerprint density at radius 1 is 0.871 bits per heavy atom. The zero-order valence-electron chi connectivity index (χ0n) is 40.8. The predicted octanol–water partition coefficient (Wildman–Crippen LogP) is 7.37. The van der Waals surface area contributed by atoms with E-state index in [-0.39, 0.29) is 42.0 Å². The summed E-state index contributed by atoms with van der Waals surface area (Å²) < 4.78 is 13.9. The van der Waals surface area contributed by atoms with E-state index < -0.39 is 29.7 Å². The van der Waals surface area contributed by atoms with Crippen molar-refractivity contribution in [2.75, 3.05) is 50.1 Å². The fourth-order valence-electron chi connectivity index (χ4n) is 11.0. The van der Waals surface area contributed by atoms with Gasteiger partial charge in [-0.15, -0.1) is 10.2 Å². The minimum Gasteiger partial charge on any atom is -0.495 e. The molecule has 2 aromatic carbocycles. The number of nitrogens with one attached hydrogen (secondary N) is 3. The van der Waals surface area contributed by atoms with Crippen molar-refractivity contribution in [1.29, 1.82) is 0 Å². The lowest BCUT2D eigenvalue weighted by atomic mass is 9.88. The molecule has 2 aromatic heterocycles. The van der Waals surface area contributed by atoms with Gasteiger partial charge in [-0.25, -0.2) is 4.98 Å². The average molecular weight is 958 g/mol. The number of likely N-dealkylation sites (tertiary alicyclic amines) is 1. The fraction of sp³-hybridized carbons (Fsp3) is 0.558. The first-order valence-electron chi connectivity index (χ1n) is 25.6. The number of aromatic nitrogens is 5. The first kappa shape index (κ1) is 48.6. The maximum atomic E-state index is 13.5. The molecule has 5 aliphatic rings. The number of benzene rings is 2. The van der Waals surface area contributed by atoms with Crippen LogP contribution in [0.25, 0.3) is 5.69 Å². The number of aryl methyl sites for hydroxylation is 1. The van der Waals surface area contributed by atoms with Crippen LogP contribution in [0.15, 0.2) is 42.6 Å². The summed E-state index contributed by atoms with van der Waals surface area (Å²) in [6.45, 7) is 8.46. The summed E-state index contributed by atoms with van der Waals surface area (Å²) in [5.41, 5.74) is 2.51. The van der Waals surface area contributed by atoms with Gasteiger partial charge in [-0.05, 0) is 101 Å². The summed E-state index contributed by atoms with van der Waals surface area (Å²) in [7, 11) is 1.61. The fourth-order valence-corrected chi connectivity index (χ4v) is 11.0. The zero-order valence-corrected chi connectivity index (χ0v) is 40.8. The predicted molar refractivity (Wildman–Crippen MR) is 263 cm³/mol. The van der Waals surface area contributed by atoms with Crippen molar-refractivity contribution >= 4 is 47.0 Å². The highest BCUT2D eigenvalue weighted by atomic mass is 16.5. The molecule has 0 radical (unpaired) electrons. The number of unbranched alkanes of at least 4 members (excludes halogenated alkanes) is 6. The summed E-state index contributed by atoms with van der Waals surface area (Å²) in [5, 5.41) is 17.9. The normalized spacial score (nSPS) is 19.7. The Bertz CT molecular complexity index is 2570. The maximum Gasteiger partial charge on any atom is 0.266 e. The summed E-state index contributed by atoms with van der Waals surface area (Å²) in [6.07, 6.45) is 18.5. The summed E-state index contributed by atoms with van der Waals surface area (Å²) in [4.78, 5) is 79.7. The standard InChI is InChI=1S/C52H67N11O7/c1-4-39-47-59-58-33(2)62(47)41-31-53-52(57-46(41)61(39)32-34-16-11-10-12-17-34)55-38-21-20-35(30-43(38)69-3)48(65)54-36-24-27-60(28-25-36)26-13-8-6-5-7-9-14-29-70-42-19-15-18-37-45(42)51(68)63(50(37)67)40-22-23-44(64)56-49(40)66/h15,18-21,30-31,34,36,39-40H,4-14,16-17,22-29,32H2,1-3H3,(H,54,65)(H,53,55,57)(H,56,64,66)/t39-,40?/m1/s1. The van der Waals surface area contributed by atoms with Crippen LogP contribution >= 0.6 is 0 Å². The molecule has 4 aromatic rings. The lowest BCUT2D eigenvalue weighted by Gasteiger charge is -2.39. The highest BCUT2D eigenvalue weighted by molar-refractivity contribution is 6.24. The van der Waals surface area contributed by atoms with E-state index in [0.29, 0.717) is 41.2 Å². The molecule has 6 heterocycles. The summed E-state index contributed by atoms with van der Waals surface area (Å²) in [6, 6.07) is 9.56. The van der Waals surface area contributed by atoms with Crippen LogP contribution in [0.5, 0.6) is 11.5 Å². The van der Waals surface area contributed by atoms with Gasteiger partial charge in [-0.1, -0.05) is 64.4 Å². The number of hydrogen-bond donors (Lipinski definition) is 3. The van der Waals surface area contributed by atoms with Crippen LogP contribution in [-0.2, 0) is 9.59 Å². The molecule has 18 heteroatoms. The van der Waals surface area contributed by atoms with Crippen molar-refractivity contribution in [3.05, 3.63) is 70.9 Å². The Labute approximate surface area is 409 Å². The quantitative estimate of drug-likeness (QED) is 0.0584. The smallest absolute Gasteiger partial charge is 0.266 e. The molecule has 3 fully saturated rings. The van der Waals surface area contributed by atoms with Gasteiger partial charge in [0.05, 0.1) is 42.8 Å². The van der Waals surface area contributed by atoms with Crippen molar-refractivity contribution in [1.82, 2.24) is 45.2 Å². The molecule has 18 nitrogen and oxygen atoms in total. The van der Waals surface area contributed by atoms with E-state index >= 15 is 0 Å². The average Bonchev–Trinajstić information content (AvgIpc) is 3.88. The number of amides is 5. The van der Waals surface area contributed by atoms with Crippen molar-refractivity contribution < 1.29 is 33.4 Å². The molecule has 2 saturated heterocycles. The number of carbonyl (C=O) groups excluding carboxylic acids is 5. The Kier molecular flexibility index (Phi) is 15.3. The Morgan fingerprint density at radius 3 is 2.40 bits per heavy atom. The molecule has 4 aliphatic heterocycles. The molecule has 1 saturated carbocycles. The van der Waals surface area contributed by atoms with Crippen LogP contribution in [0.3, 0.4) is 0 Å². The minimum atomic E-state index is -1.01. The van der Waals surface area contributed by atoms with E-state index in [0.717, 1.165) is 118 Å². The maximum absolute atomic E-state index is 13.5. The molecule has 5 amide bonds. The molecule has 0 bridgehead atoms. The first-order chi connectivity index (χ1) is 34.1. The number of fused-ring (bicyclic) bond motifs is 4. The number of carbonyl (C=O) groups is 5. The molecular formula is C52H67N11O7. The Morgan fingerprint density at radius 2 is 1.64 bits per heavy atom. The van der Waals surface area contributed by atoms with Crippen molar-refractivity contribution in [2.45, 2.75) is 141 Å². The van der Waals surface area contributed by atoms with Crippen molar-refractivity contribution in [2.24, 2.45) is 5.92 Å². The van der Waals surface area contributed by atoms with Gasteiger partial charge in [0.15, 0.2) is 11.6 Å². The Balaban J connectivity index is 0.678. The third-order valence-electron chi connectivity index (χ3n) is 14.8. The van der Waals surface area contributed by atoms with Gasteiger partial charge in [-0.2, -0.15) is 4.98 Å².